The fourth-order valence-corrected chi connectivity index (χ4v) is 4.30. The number of carbonyl (C=O) groups is 2. The number of hydrogen-bond acceptors (Lipinski definition) is 3. The zero-order valence-electron chi connectivity index (χ0n) is 18.2. The van der Waals surface area contributed by atoms with Crippen molar-refractivity contribution in [2.24, 2.45) is 17.4 Å². The van der Waals surface area contributed by atoms with Gasteiger partial charge < -0.3 is 20.9 Å². The largest absolute Gasteiger partial charge is 0.391 e. The van der Waals surface area contributed by atoms with Crippen molar-refractivity contribution in [2.75, 3.05) is 13.1 Å². The Balaban J connectivity index is 1.70. The van der Waals surface area contributed by atoms with Crippen molar-refractivity contribution in [1.82, 2.24) is 9.47 Å². The van der Waals surface area contributed by atoms with Crippen LogP contribution in [0.25, 0.3) is 10.9 Å². The van der Waals surface area contributed by atoms with Gasteiger partial charge >= 0.3 is 6.18 Å². The van der Waals surface area contributed by atoms with Gasteiger partial charge in [-0.2, -0.15) is 13.2 Å². The van der Waals surface area contributed by atoms with Crippen molar-refractivity contribution in [3.63, 3.8) is 0 Å². The monoisotopic (exact) mass is 471 g/mol. The smallest absolute Gasteiger partial charge is 0.384 e. The molecule has 1 aromatic heterocycles. The van der Waals surface area contributed by atoms with Crippen LogP contribution >= 0.6 is 0 Å². The molecule has 1 aliphatic rings. The second-order valence-electron chi connectivity index (χ2n) is 8.47. The molecule has 2 heterocycles. The minimum Gasteiger partial charge on any atom is -0.384 e. The fraction of sp³-hybridized carbons (Fsp3) is 0.292. The van der Waals surface area contributed by atoms with Crippen LogP contribution in [0.1, 0.15) is 44.8 Å². The van der Waals surface area contributed by atoms with Gasteiger partial charge in [-0.3, -0.25) is 15.0 Å². The lowest BCUT2D eigenvalue weighted by atomic mass is 9.96. The summed E-state index contributed by atoms with van der Waals surface area (Å²) in [5.41, 5.74) is 13.6. The maximum Gasteiger partial charge on any atom is 0.391 e. The predicted octanol–water partition coefficient (Wildman–Crippen LogP) is 3.49. The number of fused-ring (bicyclic) bond motifs is 1. The van der Waals surface area contributed by atoms with Crippen molar-refractivity contribution in [1.29, 1.82) is 5.41 Å². The number of likely N-dealkylation sites (tertiary alicyclic amines) is 1. The number of nitrogen functional groups attached to an aromatic ring is 1. The molecule has 0 aliphatic carbocycles. The van der Waals surface area contributed by atoms with Crippen LogP contribution < -0.4 is 11.5 Å². The molecule has 3 aromatic rings. The van der Waals surface area contributed by atoms with Crippen molar-refractivity contribution >= 4 is 28.6 Å². The van der Waals surface area contributed by atoms with Gasteiger partial charge in [0, 0.05) is 41.7 Å². The van der Waals surface area contributed by atoms with Crippen LogP contribution in [0.3, 0.4) is 0 Å². The van der Waals surface area contributed by atoms with Crippen LogP contribution in [0, 0.1) is 11.3 Å². The third kappa shape index (κ3) is 4.61. The van der Waals surface area contributed by atoms with E-state index in [0.29, 0.717) is 22.3 Å². The predicted molar refractivity (Wildman–Crippen MR) is 122 cm³/mol. The van der Waals surface area contributed by atoms with Crippen LogP contribution in [0.15, 0.2) is 48.5 Å². The van der Waals surface area contributed by atoms with Gasteiger partial charge in [0.15, 0.2) is 0 Å². The van der Waals surface area contributed by atoms with Crippen molar-refractivity contribution in [2.45, 2.75) is 25.6 Å². The molecule has 0 radical (unpaired) electrons. The number of piperidine rings is 1. The Morgan fingerprint density at radius 3 is 2.15 bits per heavy atom. The number of alkyl halides is 3. The van der Waals surface area contributed by atoms with Crippen molar-refractivity contribution in [3.05, 3.63) is 70.9 Å². The lowest BCUT2D eigenvalue weighted by Crippen LogP contribution is -2.42. The van der Waals surface area contributed by atoms with Gasteiger partial charge in [0.25, 0.3) is 5.91 Å². The summed E-state index contributed by atoms with van der Waals surface area (Å²) in [6, 6.07) is 13.5. The number of aromatic nitrogens is 1. The normalized spacial score (nSPS) is 15.0. The van der Waals surface area contributed by atoms with Gasteiger partial charge in [0.05, 0.1) is 5.92 Å². The highest BCUT2D eigenvalue weighted by atomic mass is 19.4. The highest BCUT2D eigenvalue weighted by Gasteiger charge is 2.42. The minimum atomic E-state index is -4.26. The van der Waals surface area contributed by atoms with E-state index in [1.54, 1.807) is 53.1 Å². The van der Waals surface area contributed by atoms with E-state index < -0.39 is 18.0 Å². The summed E-state index contributed by atoms with van der Waals surface area (Å²) in [6.45, 7) is 0.317. The first-order valence-corrected chi connectivity index (χ1v) is 10.8. The number of nitrogens with two attached hydrogens (primary N) is 2. The molecule has 0 saturated carbocycles. The Labute approximate surface area is 193 Å². The summed E-state index contributed by atoms with van der Waals surface area (Å²) in [5.74, 6) is -2.43. The maximum atomic E-state index is 13.4. The van der Waals surface area contributed by atoms with Crippen LogP contribution in [0.4, 0.5) is 13.2 Å². The molecule has 1 saturated heterocycles. The van der Waals surface area contributed by atoms with E-state index in [1.165, 1.54) is 4.90 Å². The van der Waals surface area contributed by atoms with E-state index in [4.69, 9.17) is 16.9 Å². The average Bonchev–Trinajstić information content (AvgIpc) is 3.16. The molecule has 1 aliphatic heterocycles. The molecule has 7 nitrogen and oxygen atoms in total. The number of rotatable bonds is 5. The molecule has 0 bridgehead atoms. The zero-order valence-corrected chi connectivity index (χ0v) is 18.2. The van der Waals surface area contributed by atoms with E-state index in [-0.39, 0.29) is 44.2 Å². The number of primary amides is 1. The van der Waals surface area contributed by atoms with Gasteiger partial charge in [0.2, 0.25) is 5.91 Å². The fourth-order valence-electron chi connectivity index (χ4n) is 4.30. The number of halogens is 3. The molecule has 178 valence electrons. The van der Waals surface area contributed by atoms with Crippen LogP contribution in [0.5, 0.6) is 0 Å². The molecular formula is C24H24F3N5O2. The second-order valence-corrected chi connectivity index (χ2v) is 8.47. The molecule has 2 amide bonds. The first-order valence-electron chi connectivity index (χ1n) is 10.8. The number of amidine groups is 1. The average molecular weight is 471 g/mol. The lowest BCUT2D eigenvalue weighted by molar-refractivity contribution is -0.183. The molecule has 0 atom stereocenters. The Bertz CT molecular complexity index is 1260. The maximum absolute atomic E-state index is 13.4. The quantitative estimate of drug-likeness (QED) is 0.390. The summed E-state index contributed by atoms with van der Waals surface area (Å²) >= 11 is 0. The zero-order chi connectivity index (χ0) is 24.6. The van der Waals surface area contributed by atoms with E-state index in [1.807, 2.05) is 0 Å². The van der Waals surface area contributed by atoms with Gasteiger partial charge in [0.1, 0.15) is 11.5 Å². The molecule has 0 unspecified atom stereocenters. The summed E-state index contributed by atoms with van der Waals surface area (Å²) in [6.07, 6.45) is -4.51. The number of hydrogen-bond donors (Lipinski definition) is 3. The standard InChI is InChI=1S/C24H24F3N5O2/c25-24(26,27)18-7-9-31(10-8-18)23(34)20-11-16-5-6-17(21(28)29)12-19(16)32(20)13-14-1-3-15(4-2-14)22(30)33/h1-6,11-12,18H,7-10,13H2,(H3,28,29)(H2,30,33). The minimum absolute atomic E-state index is 0.0243. The number of carbonyl (C=O) groups excluding carboxylic acids is 2. The Hall–Kier alpha value is -3.82. The Kier molecular flexibility index (Phi) is 6.07. The summed E-state index contributed by atoms with van der Waals surface area (Å²) in [5, 5.41) is 8.49. The second kappa shape index (κ2) is 8.85. The highest BCUT2D eigenvalue weighted by Crippen LogP contribution is 2.35. The first-order chi connectivity index (χ1) is 16.0. The van der Waals surface area contributed by atoms with Crippen LogP contribution in [-0.2, 0) is 6.54 Å². The van der Waals surface area contributed by atoms with E-state index in [2.05, 4.69) is 0 Å². The van der Waals surface area contributed by atoms with Gasteiger partial charge in [-0.25, -0.2) is 0 Å². The van der Waals surface area contributed by atoms with Crippen molar-refractivity contribution < 1.29 is 22.8 Å². The molecular weight excluding hydrogens is 447 g/mol. The highest BCUT2D eigenvalue weighted by molar-refractivity contribution is 6.02. The van der Waals surface area contributed by atoms with Crippen LogP contribution in [0.2, 0.25) is 0 Å². The number of nitrogens with one attached hydrogen (secondary N) is 1. The lowest BCUT2D eigenvalue weighted by Gasteiger charge is -2.33. The number of benzene rings is 2. The van der Waals surface area contributed by atoms with E-state index in [0.717, 1.165) is 10.9 Å². The van der Waals surface area contributed by atoms with E-state index >= 15 is 0 Å². The molecule has 34 heavy (non-hydrogen) atoms. The molecule has 4 rings (SSSR count). The molecule has 10 heteroatoms. The van der Waals surface area contributed by atoms with Crippen LogP contribution in [-0.4, -0.2) is 46.4 Å². The molecule has 0 spiro atoms. The van der Waals surface area contributed by atoms with Gasteiger partial charge in [-0.15, -0.1) is 0 Å². The number of amides is 2. The number of nitrogens with zero attached hydrogens (tertiary/aromatic N) is 2. The van der Waals surface area contributed by atoms with Crippen molar-refractivity contribution in [3.8, 4) is 0 Å². The Morgan fingerprint density at radius 2 is 1.59 bits per heavy atom. The summed E-state index contributed by atoms with van der Waals surface area (Å²) < 4.78 is 40.9. The molecule has 5 N–H and O–H groups in total. The molecule has 1 fully saturated rings. The van der Waals surface area contributed by atoms with E-state index in [9.17, 15) is 22.8 Å². The third-order valence-corrected chi connectivity index (χ3v) is 6.26. The first kappa shape index (κ1) is 23.3. The summed E-state index contributed by atoms with van der Waals surface area (Å²) in [7, 11) is 0. The van der Waals surface area contributed by atoms with Gasteiger partial charge in [-0.1, -0.05) is 24.3 Å². The Morgan fingerprint density at radius 1 is 0.971 bits per heavy atom. The third-order valence-electron chi connectivity index (χ3n) is 6.26. The SMILES string of the molecule is N=C(N)c1ccc2cc(C(=O)N3CCC(C(F)(F)F)CC3)n(Cc3ccc(C(N)=O)cc3)c2c1. The summed E-state index contributed by atoms with van der Waals surface area (Å²) in [4.78, 5) is 26.2. The van der Waals surface area contributed by atoms with Gasteiger partial charge in [-0.05, 0) is 42.7 Å². The molecule has 2 aromatic carbocycles. The topological polar surface area (TPSA) is 118 Å².